The van der Waals surface area contributed by atoms with E-state index >= 15 is 0 Å². The average Bonchev–Trinajstić information content (AvgIpc) is 2.98. The summed E-state index contributed by atoms with van der Waals surface area (Å²) in [7, 11) is 0. The van der Waals surface area contributed by atoms with E-state index in [1.54, 1.807) is 0 Å². The van der Waals surface area contributed by atoms with Gasteiger partial charge in [0.05, 0.1) is 11.7 Å². The molecule has 0 aliphatic heterocycles. The van der Waals surface area contributed by atoms with Crippen molar-refractivity contribution in [1.29, 1.82) is 0 Å². The average molecular weight is 253 g/mol. The Morgan fingerprint density at radius 3 is 2.76 bits per heavy atom. The summed E-state index contributed by atoms with van der Waals surface area (Å²) in [4.78, 5) is 16.3. The number of hydrogen-bond donors (Lipinski definition) is 2. The number of nitrogens with one attached hydrogen (secondary N) is 1. The van der Waals surface area contributed by atoms with Crippen molar-refractivity contribution in [3.05, 3.63) is 11.1 Å². The molecule has 1 aromatic heterocycles. The Kier molecular flexibility index (Phi) is 3.23. The molecule has 2 rings (SSSR count). The molecular weight excluding hydrogens is 234 g/mol. The van der Waals surface area contributed by atoms with Crippen molar-refractivity contribution in [2.75, 3.05) is 5.32 Å². The summed E-state index contributed by atoms with van der Waals surface area (Å²) in [5.74, 6) is 0.461. The highest BCUT2D eigenvalue weighted by molar-refractivity contribution is 7.13. The molecule has 0 unspecified atom stereocenters. The van der Waals surface area contributed by atoms with Gasteiger partial charge in [0.2, 0.25) is 5.91 Å². The first-order valence-corrected chi connectivity index (χ1v) is 6.78. The number of thiazole rings is 1. The fourth-order valence-electron chi connectivity index (χ4n) is 1.49. The van der Waals surface area contributed by atoms with Gasteiger partial charge in [-0.15, -0.1) is 11.3 Å². The molecule has 0 spiro atoms. The van der Waals surface area contributed by atoms with Crippen LogP contribution in [0.2, 0.25) is 0 Å². The van der Waals surface area contributed by atoms with Crippen molar-refractivity contribution < 1.29 is 4.79 Å². The number of anilines is 1. The first kappa shape index (κ1) is 12.5. The number of rotatable bonds is 3. The van der Waals surface area contributed by atoms with Gasteiger partial charge < -0.3 is 11.1 Å². The number of amides is 1. The van der Waals surface area contributed by atoms with Crippen molar-refractivity contribution >= 4 is 22.4 Å². The van der Waals surface area contributed by atoms with Gasteiger partial charge in [0.1, 0.15) is 0 Å². The van der Waals surface area contributed by atoms with Gasteiger partial charge in [0.25, 0.3) is 0 Å². The molecule has 1 aromatic rings. The van der Waals surface area contributed by atoms with Crippen molar-refractivity contribution in [2.24, 2.45) is 11.1 Å². The van der Waals surface area contributed by atoms with Crippen LogP contribution in [0.15, 0.2) is 5.38 Å². The van der Waals surface area contributed by atoms with Crippen molar-refractivity contribution in [2.45, 2.75) is 45.6 Å². The predicted molar refractivity (Wildman–Crippen MR) is 70.1 cm³/mol. The third-order valence-electron chi connectivity index (χ3n) is 2.96. The maximum atomic E-state index is 11.9. The lowest BCUT2D eigenvalue weighted by molar-refractivity contribution is -0.119. The summed E-state index contributed by atoms with van der Waals surface area (Å²) in [5.41, 5.74) is 6.76. The van der Waals surface area contributed by atoms with Crippen molar-refractivity contribution in [3.63, 3.8) is 0 Å². The third kappa shape index (κ3) is 3.04. The Bertz CT molecular complexity index is 418. The molecule has 17 heavy (non-hydrogen) atoms. The van der Waals surface area contributed by atoms with Crippen LogP contribution in [0.5, 0.6) is 0 Å². The highest BCUT2D eigenvalue weighted by Crippen LogP contribution is 2.40. The number of hydrogen-bond acceptors (Lipinski definition) is 4. The molecule has 3 N–H and O–H groups in total. The largest absolute Gasteiger partial charge is 0.319 e. The number of nitrogens with two attached hydrogens (primary N) is 1. The van der Waals surface area contributed by atoms with Gasteiger partial charge in [0, 0.05) is 11.3 Å². The van der Waals surface area contributed by atoms with E-state index in [4.69, 9.17) is 5.73 Å². The Balaban J connectivity index is 1.97. The lowest BCUT2D eigenvalue weighted by Gasteiger charge is -2.25. The fourth-order valence-corrected chi connectivity index (χ4v) is 2.28. The summed E-state index contributed by atoms with van der Waals surface area (Å²) in [6.07, 6.45) is 2.44. The SMILES string of the molecule is CC(C)(C)[C@@H](N)C(=O)Nc1nc(C2CC2)cs1. The third-order valence-corrected chi connectivity index (χ3v) is 3.74. The number of carbonyl (C=O) groups excluding carboxylic acids is 1. The van der Waals surface area contributed by atoms with E-state index in [0.717, 1.165) is 5.69 Å². The number of nitrogens with zero attached hydrogens (tertiary/aromatic N) is 1. The van der Waals surface area contributed by atoms with E-state index in [2.05, 4.69) is 10.3 Å². The van der Waals surface area contributed by atoms with Gasteiger partial charge in [-0.3, -0.25) is 4.79 Å². The van der Waals surface area contributed by atoms with Gasteiger partial charge in [-0.1, -0.05) is 20.8 Å². The van der Waals surface area contributed by atoms with E-state index in [0.29, 0.717) is 11.0 Å². The smallest absolute Gasteiger partial charge is 0.243 e. The summed E-state index contributed by atoms with van der Waals surface area (Å²) in [5, 5.41) is 5.48. The molecule has 0 saturated heterocycles. The molecular formula is C12H19N3OS. The quantitative estimate of drug-likeness (QED) is 0.868. The van der Waals surface area contributed by atoms with Gasteiger partial charge in [-0.25, -0.2) is 4.98 Å². The number of aromatic nitrogens is 1. The van der Waals surface area contributed by atoms with Crippen LogP contribution in [-0.2, 0) is 4.79 Å². The topological polar surface area (TPSA) is 68.0 Å². The van der Waals surface area contributed by atoms with Crippen LogP contribution < -0.4 is 11.1 Å². The van der Waals surface area contributed by atoms with Crippen LogP contribution in [-0.4, -0.2) is 16.9 Å². The molecule has 1 aliphatic carbocycles. The molecule has 0 radical (unpaired) electrons. The first-order valence-electron chi connectivity index (χ1n) is 5.90. The lowest BCUT2D eigenvalue weighted by Crippen LogP contribution is -2.45. The van der Waals surface area contributed by atoms with Gasteiger partial charge >= 0.3 is 0 Å². The summed E-state index contributed by atoms with van der Waals surface area (Å²) in [6, 6.07) is -0.518. The molecule has 5 heteroatoms. The molecule has 1 fully saturated rings. The zero-order valence-corrected chi connectivity index (χ0v) is 11.3. The van der Waals surface area contributed by atoms with E-state index < -0.39 is 6.04 Å². The molecule has 1 aliphatic rings. The van der Waals surface area contributed by atoms with Crippen molar-refractivity contribution in [3.8, 4) is 0 Å². The minimum atomic E-state index is -0.518. The van der Waals surface area contributed by atoms with Gasteiger partial charge in [-0.2, -0.15) is 0 Å². The van der Waals surface area contributed by atoms with Crippen LogP contribution in [0.3, 0.4) is 0 Å². The summed E-state index contributed by atoms with van der Waals surface area (Å²) >= 11 is 1.48. The second-order valence-electron chi connectivity index (χ2n) is 5.68. The zero-order chi connectivity index (χ0) is 12.6. The molecule has 94 valence electrons. The zero-order valence-electron chi connectivity index (χ0n) is 10.5. The maximum absolute atomic E-state index is 11.9. The molecule has 1 atom stereocenters. The second kappa shape index (κ2) is 4.38. The van der Waals surface area contributed by atoms with Crippen LogP contribution in [0.1, 0.15) is 45.2 Å². The first-order chi connectivity index (χ1) is 7.88. The minimum Gasteiger partial charge on any atom is -0.319 e. The highest BCUT2D eigenvalue weighted by Gasteiger charge is 2.29. The highest BCUT2D eigenvalue weighted by atomic mass is 32.1. The maximum Gasteiger partial charge on any atom is 0.243 e. The van der Waals surface area contributed by atoms with E-state index in [1.807, 2.05) is 26.2 Å². The van der Waals surface area contributed by atoms with E-state index in [9.17, 15) is 4.79 Å². The Morgan fingerprint density at radius 2 is 2.24 bits per heavy atom. The Morgan fingerprint density at radius 1 is 1.59 bits per heavy atom. The Hall–Kier alpha value is -0.940. The lowest BCUT2D eigenvalue weighted by atomic mass is 9.87. The standard InChI is InChI=1S/C12H19N3OS/c1-12(2,3)9(13)10(16)15-11-14-8(6-17-11)7-4-5-7/h6-7,9H,4-5,13H2,1-3H3,(H,14,15,16)/t9-/m0/s1. The molecule has 0 aromatic carbocycles. The molecule has 0 bridgehead atoms. The fraction of sp³-hybridized carbons (Fsp3) is 0.667. The van der Waals surface area contributed by atoms with Gasteiger partial charge in [-0.05, 0) is 18.3 Å². The molecule has 1 amide bonds. The van der Waals surface area contributed by atoms with Crippen LogP contribution in [0, 0.1) is 5.41 Å². The van der Waals surface area contributed by atoms with E-state index in [1.165, 1.54) is 24.2 Å². The summed E-state index contributed by atoms with van der Waals surface area (Å²) < 4.78 is 0. The molecule has 4 nitrogen and oxygen atoms in total. The molecule has 1 saturated carbocycles. The van der Waals surface area contributed by atoms with Crippen LogP contribution in [0.25, 0.3) is 0 Å². The second-order valence-corrected chi connectivity index (χ2v) is 6.54. The Labute approximate surface area is 106 Å². The van der Waals surface area contributed by atoms with Crippen molar-refractivity contribution in [1.82, 2.24) is 4.98 Å². The van der Waals surface area contributed by atoms with Gasteiger partial charge in [0.15, 0.2) is 5.13 Å². The predicted octanol–water partition coefficient (Wildman–Crippen LogP) is 2.33. The monoisotopic (exact) mass is 253 g/mol. The van der Waals surface area contributed by atoms with E-state index in [-0.39, 0.29) is 11.3 Å². The normalized spacial score (nSPS) is 17.9. The molecule has 1 heterocycles. The minimum absolute atomic E-state index is 0.158. The number of carbonyl (C=O) groups is 1. The summed E-state index contributed by atoms with van der Waals surface area (Å²) in [6.45, 7) is 5.86. The van der Waals surface area contributed by atoms with Crippen LogP contribution >= 0.6 is 11.3 Å². The van der Waals surface area contributed by atoms with Crippen LogP contribution in [0.4, 0.5) is 5.13 Å².